The number of hydrogen-bond acceptors (Lipinski definition) is 4. The van der Waals surface area contributed by atoms with Crippen molar-refractivity contribution in [2.75, 3.05) is 13.2 Å². The zero-order valence-electron chi connectivity index (χ0n) is 15.0. The molecule has 0 N–H and O–H groups in total. The number of fused-ring (bicyclic) bond motifs is 1. The van der Waals surface area contributed by atoms with Crippen molar-refractivity contribution in [3.05, 3.63) is 59.9 Å². The monoisotopic (exact) mass is 347 g/mol. The van der Waals surface area contributed by atoms with Gasteiger partial charge in [-0.2, -0.15) is 5.26 Å². The van der Waals surface area contributed by atoms with E-state index in [1.165, 1.54) is 0 Å². The fourth-order valence-electron chi connectivity index (χ4n) is 2.79. The molecule has 0 saturated carbocycles. The molecule has 0 saturated heterocycles. The zero-order valence-corrected chi connectivity index (χ0v) is 15.0. The summed E-state index contributed by atoms with van der Waals surface area (Å²) in [6.45, 7) is 5.47. The second-order valence-corrected chi connectivity index (χ2v) is 5.71. The molecule has 0 aliphatic heterocycles. The van der Waals surface area contributed by atoms with Crippen LogP contribution in [-0.4, -0.2) is 22.8 Å². The normalized spacial score (nSPS) is 11.3. The number of nitrogens with zero attached hydrogens (tertiary/aromatic N) is 3. The first-order valence-electron chi connectivity index (χ1n) is 8.65. The highest BCUT2D eigenvalue weighted by molar-refractivity contribution is 5.75. The molecule has 132 valence electrons. The Hall–Kier alpha value is -3.26. The Morgan fingerprint density at radius 3 is 2.65 bits per heavy atom. The van der Waals surface area contributed by atoms with Gasteiger partial charge in [0, 0.05) is 5.57 Å². The Labute approximate surface area is 153 Å². The summed E-state index contributed by atoms with van der Waals surface area (Å²) >= 11 is 0. The van der Waals surface area contributed by atoms with E-state index in [1.807, 2.05) is 67.0 Å². The second-order valence-electron chi connectivity index (χ2n) is 5.71. The number of imidazole rings is 1. The number of para-hydroxylation sites is 2. The lowest BCUT2D eigenvalue weighted by molar-refractivity contribution is 0.287. The van der Waals surface area contributed by atoms with E-state index >= 15 is 0 Å². The lowest BCUT2D eigenvalue weighted by Gasteiger charge is -2.11. The van der Waals surface area contributed by atoms with Gasteiger partial charge < -0.3 is 14.0 Å². The maximum absolute atomic E-state index is 9.56. The van der Waals surface area contributed by atoms with Crippen LogP contribution in [0.5, 0.6) is 11.5 Å². The number of benzene rings is 2. The number of nitriles is 1. The third-order valence-corrected chi connectivity index (χ3v) is 3.92. The van der Waals surface area contributed by atoms with Crippen LogP contribution in [0.3, 0.4) is 0 Å². The zero-order chi connectivity index (χ0) is 18.4. The molecule has 1 heterocycles. The molecule has 5 heteroatoms. The average Bonchev–Trinajstić information content (AvgIpc) is 3.06. The average molecular weight is 347 g/mol. The number of aromatic nitrogens is 2. The molecule has 0 spiro atoms. The van der Waals surface area contributed by atoms with Crippen molar-refractivity contribution >= 4 is 17.1 Å². The highest BCUT2D eigenvalue weighted by Gasteiger charge is 2.08. The van der Waals surface area contributed by atoms with Gasteiger partial charge in [-0.05, 0) is 49.8 Å². The number of allylic oxidation sites excluding steroid dienone is 1. The molecular weight excluding hydrogens is 326 g/mol. The Morgan fingerprint density at radius 1 is 1.12 bits per heavy atom. The lowest BCUT2D eigenvalue weighted by Crippen LogP contribution is -2.00. The molecule has 3 rings (SSSR count). The molecule has 1 aromatic heterocycles. The van der Waals surface area contributed by atoms with Crippen LogP contribution in [-0.2, 0) is 6.54 Å². The van der Waals surface area contributed by atoms with Crippen molar-refractivity contribution in [2.45, 2.75) is 20.4 Å². The number of hydrogen-bond donors (Lipinski definition) is 0. The molecule has 26 heavy (non-hydrogen) atoms. The summed E-state index contributed by atoms with van der Waals surface area (Å²) in [6, 6.07) is 15.9. The van der Waals surface area contributed by atoms with Crippen molar-refractivity contribution in [3.63, 3.8) is 0 Å². The third-order valence-electron chi connectivity index (χ3n) is 3.92. The van der Waals surface area contributed by atoms with Crippen LogP contribution in [0.4, 0.5) is 0 Å². The fourth-order valence-corrected chi connectivity index (χ4v) is 2.79. The first kappa shape index (κ1) is 17.6. The first-order chi connectivity index (χ1) is 12.7. The van der Waals surface area contributed by atoms with E-state index in [4.69, 9.17) is 9.47 Å². The van der Waals surface area contributed by atoms with Gasteiger partial charge in [-0.1, -0.05) is 18.2 Å². The van der Waals surface area contributed by atoms with Crippen LogP contribution >= 0.6 is 0 Å². The molecule has 0 atom stereocenters. The van der Waals surface area contributed by atoms with E-state index in [2.05, 4.69) is 11.1 Å². The Balaban J connectivity index is 1.89. The van der Waals surface area contributed by atoms with Crippen LogP contribution in [0.2, 0.25) is 0 Å². The van der Waals surface area contributed by atoms with Gasteiger partial charge in [0.05, 0.1) is 43.2 Å². The molecule has 0 radical (unpaired) electrons. The molecule has 2 aromatic carbocycles. The highest BCUT2D eigenvalue weighted by atomic mass is 16.5. The Morgan fingerprint density at radius 2 is 1.88 bits per heavy atom. The summed E-state index contributed by atoms with van der Waals surface area (Å²) in [7, 11) is 0. The van der Waals surface area contributed by atoms with Crippen molar-refractivity contribution < 1.29 is 9.47 Å². The van der Waals surface area contributed by atoms with Crippen molar-refractivity contribution in [1.29, 1.82) is 5.26 Å². The maximum Gasteiger partial charge on any atom is 0.161 e. The summed E-state index contributed by atoms with van der Waals surface area (Å²) in [6.07, 6.45) is 3.63. The van der Waals surface area contributed by atoms with E-state index in [-0.39, 0.29) is 0 Å². The van der Waals surface area contributed by atoms with Crippen molar-refractivity contribution in [3.8, 4) is 17.6 Å². The highest BCUT2D eigenvalue weighted by Crippen LogP contribution is 2.29. The van der Waals surface area contributed by atoms with E-state index in [0.717, 1.165) is 16.6 Å². The topological polar surface area (TPSA) is 60.1 Å². The van der Waals surface area contributed by atoms with E-state index < -0.39 is 0 Å². The van der Waals surface area contributed by atoms with Gasteiger partial charge in [-0.15, -0.1) is 0 Å². The van der Waals surface area contributed by atoms with Crippen LogP contribution in [0, 0.1) is 11.3 Å². The number of ether oxygens (including phenoxy) is 2. The van der Waals surface area contributed by atoms with Gasteiger partial charge in [-0.25, -0.2) is 4.98 Å². The van der Waals surface area contributed by atoms with E-state index in [9.17, 15) is 5.26 Å². The van der Waals surface area contributed by atoms with Crippen molar-refractivity contribution in [1.82, 2.24) is 9.55 Å². The second kappa shape index (κ2) is 8.21. The number of rotatable bonds is 7. The Bertz CT molecular complexity index is 967. The third kappa shape index (κ3) is 3.86. The van der Waals surface area contributed by atoms with Crippen molar-refractivity contribution in [2.24, 2.45) is 0 Å². The minimum absolute atomic E-state index is 0.466. The Kier molecular flexibility index (Phi) is 5.55. The maximum atomic E-state index is 9.56. The van der Waals surface area contributed by atoms with Gasteiger partial charge >= 0.3 is 0 Å². The molecule has 0 unspecified atom stereocenters. The van der Waals surface area contributed by atoms with E-state index in [0.29, 0.717) is 36.8 Å². The van der Waals surface area contributed by atoms with Gasteiger partial charge in [0.2, 0.25) is 0 Å². The predicted octanol–water partition coefficient (Wildman–Crippen LogP) is 4.44. The largest absolute Gasteiger partial charge is 0.490 e. The molecule has 0 bridgehead atoms. The molecular formula is C21H21N3O2. The lowest BCUT2D eigenvalue weighted by atomic mass is 10.1. The minimum atomic E-state index is 0.466. The molecule has 0 amide bonds. The quantitative estimate of drug-likeness (QED) is 0.593. The van der Waals surface area contributed by atoms with Crippen LogP contribution in [0.15, 0.2) is 54.4 Å². The molecule has 0 fully saturated rings. The van der Waals surface area contributed by atoms with Gasteiger partial charge in [0.25, 0.3) is 0 Å². The SMILES string of the molecule is CCOc1ccc(/C=C(/C#N)Cn2cnc3ccccc32)cc1OCC. The van der Waals surface area contributed by atoms with Crippen LogP contribution in [0.25, 0.3) is 17.1 Å². The minimum Gasteiger partial charge on any atom is -0.490 e. The summed E-state index contributed by atoms with van der Waals surface area (Å²) in [5, 5.41) is 9.56. The smallest absolute Gasteiger partial charge is 0.161 e. The van der Waals surface area contributed by atoms with Crippen LogP contribution < -0.4 is 9.47 Å². The molecule has 3 aromatic rings. The summed E-state index contributed by atoms with van der Waals surface area (Å²) < 4.78 is 13.2. The van der Waals surface area contributed by atoms with Gasteiger partial charge in [0.1, 0.15) is 0 Å². The van der Waals surface area contributed by atoms with Crippen LogP contribution in [0.1, 0.15) is 19.4 Å². The molecule has 0 aliphatic carbocycles. The molecule has 5 nitrogen and oxygen atoms in total. The fraction of sp³-hybridized carbons (Fsp3) is 0.238. The summed E-state index contributed by atoms with van der Waals surface area (Å²) in [4.78, 5) is 4.37. The van der Waals surface area contributed by atoms with E-state index in [1.54, 1.807) is 6.33 Å². The summed E-state index contributed by atoms with van der Waals surface area (Å²) in [5.41, 5.74) is 3.47. The van der Waals surface area contributed by atoms with Gasteiger partial charge in [0.15, 0.2) is 11.5 Å². The molecule has 0 aliphatic rings. The summed E-state index contributed by atoms with van der Waals surface area (Å²) in [5.74, 6) is 1.40. The van der Waals surface area contributed by atoms with Gasteiger partial charge in [-0.3, -0.25) is 0 Å². The standard InChI is InChI=1S/C21H21N3O2/c1-3-25-20-10-9-16(12-21(20)26-4-2)11-17(13-22)14-24-15-23-18-7-5-6-8-19(18)24/h5-12,15H,3-4,14H2,1-2H3/b17-11-. The predicted molar refractivity (Wildman–Crippen MR) is 102 cm³/mol. The first-order valence-corrected chi connectivity index (χ1v) is 8.65.